The third-order valence-electron chi connectivity index (χ3n) is 4.36. The molecule has 1 amide bonds. The Kier molecular flexibility index (Phi) is 4.47. The van der Waals surface area contributed by atoms with E-state index in [2.05, 4.69) is 0 Å². The Hall–Kier alpha value is -2.87. The second kappa shape index (κ2) is 6.38. The summed E-state index contributed by atoms with van der Waals surface area (Å²) in [5, 5.41) is 11.6. The van der Waals surface area contributed by atoms with Crippen molar-refractivity contribution >= 4 is 17.4 Å². The van der Waals surface area contributed by atoms with Crippen LogP contribution in [-0.4, -0.2) is 28.6 Å². The van der Waals surface area contributed by atoms with E-state index in [0.29, 0.717) is 23.6 Å². The highest BCUT2D eigenvalue weighted by Crippen LogP contribution is 2.37. The summed E-state index contributed by atoms with van der Waals surface area (Å²) in [6.45, 7) is 2.10. The van der Waals surface area contributed by atoms with Crippen molar-refractivity contribution < 1.29 is 32.6 Å². The Labute approximate surface area is 152 Å². The van der Waals surface area contributed by atoms with Gasteiger partial charge >= 0.3 is 6.18 Å². The lowest BCUT2D eigenvalue weighted by Crippen LogP contribution is -2.52. The molecule has 2 aromatic carbocycles. The Balaban J connectivity index is 2.09. The number of alkyl halides is 3. The second-order valence-corrected chi connectivity index (χ2v) is 6.48. The van der Waals surface area contributed by atoms with Gasteiger partial charge in [-0.15, -0.1) is 0 Å². The molecule has 142 valence electrons. The molecule has 0 spiro atoms. The number of carbonyl (C=O) groups is 2. The molecule has 27 heavy (non-hydrogen) atoms. The predicted molar refractivity (Wildman–Crippen MR) is 90.7 cm³/mol. The number of nitrogens with one attached hydrogen (secondary N) is 1. The molecule has 2 N–H and O–H groups in total. The molecular weight excluding hydrogens is 363 g/mol. The standard InChI is InChI=1S/C19H16F3NO4/c1-10-7-13(23-17(25)18(2,26)19(20,21)22)15-14(8-10)27-9-11-5-3-4-6-12(11)16(15)24/h3-8,26H,9H2,1-2H3,(H,23,25). The van der Waals surface area contributed by atoms with Gasteiger partial charge in [0.2, 0.25) is 5.60 Å². The van der Waals surface area contributed by atoms with E-state index < -0.39 is 23.5 Å². The van der Waals surface area contributed by atoms with E-state index in [1.165, 1.54) is 6.07 Å². The highest BCUT2D eigenvalue weighted by molar-refractivity contribution is 6.17. The van der Waals surface area contributed by atoms with Crippen LogP contribution in [0, 0.1) is 6.92 Å². The van der Waals surface area contributed by atoms with Gasteiger partial charge in [-0.05, 0) is 31.5 Å². The lowest BCUT2D eigenvalue weighted by atomic mass is 9.96. The minimum Gasteiger partial charge on any atom is -0.488 e. The van der Waals surface area contributed by atoms with Gasteiger partial charge in [-0.3, -0.25) is 9.59 Å². The number of benzene rings is 2. The first-order valence-corrected chi connectivity index (χ1v) is 8.03. The maximum absolute atomic E-state index is 13.0. The highest BCUT2D eigenvalue weighted by atomic mass is 19.4. The number of anilines is 1. The molecule has 2 aromatic rings. The van der Waals surface area contributed by atoms with Crippen molar-refractivity contribution in [2.75, 3.05) is 5.32 Å². The van der Waals surface area contributed by atoms with Crippen molar-refractivity contribution in [1.29, 1.82) is 0 Å². The van der Waals surface area contributed by atoms with E-state index in [9.17, 15) is 27.9 Å². The van der Waals surface area contributed by atoms with Gasteiger partial charge in [0.15, 0.2) is 5.78 Å². The molecule has 0 aromatic heterocycles. The van der Waals surface area contributed by atoms with E-state index in [1.54, 1.807) is 37.3 Å². The fraction of sp³-hybridized carbons (Fsp3) is 0.263. The molecule has 0 saturated heterocycles. The summed E-state index contributed by atoms with van der Waals surface area (Å²) < 4.78 is 44.5. The van der Waals surface area contributed by atoms with Crippen LogP contribution in [0.4, 0.5) is 18.9 Å². The Morgan fingerprint density at radius 2 is 1.89 bits per heavy atom. The summed E-state index contributed by atoms with van der Waals surface area (Å²) in [5.74, 6) is -2.02. The van der Waals surface area contributed by atoms with Crippen LogP contribution >= 0.6 is 0 Å². The summed E-state index contributed by atoms with van der Waals surface area (Å²) in [5.41, 5.74) is -2.31. The molecule has 1 unspecified atom stereocenters. The number of hydrogen-bond donors (Lipinski definition) is 2. The zero-order valence-corrected chi connectivity index (χ0v) is 14.5. The molecule has 0 saturated carbocycles. The van der Waals surface area contributed by atoms with Crippen LogP contribution in [0.25, 0.3) is 0 Å². The topological polar surface area (TPSA) is 75.6 Å². The molecule has 5 nitrogen and oxygen atoms in total. The van der Waals surface area contributed by atoms with Crippen LogP contribution in [0.15, 0.2) is 36.4 Å². The number of carbonyl (C=O) groups excluding carboxylic acids is 2. The molecule has 1 aliphatic heterocycles. The van der Waals surface area contributed by atoms with Gasteiger partial charge in [0.05, 0.1) is 11.3 Å². The normalized spacial score (nSPS) is 15.7. The quantitative estimate of drug-likeness (QED) is 0.839. The molecular formula is C19H16F3NO4. The van der Waals surface area contributed by atoms with Gasteiger partial charge in [-0.25, -0.2) is 0 Å². The lowest BCUT2D eigenvalue weighted by Gasteiger charge is -2.25. The molecule has 0 bridgehead atoms. The van der Waals surface area contributed by atoms with Crippen LogP contribution in [-0.2, 0) is 11.4 Å². The first kappa shape index (κ1) is 18.9. The molecule has 1 atom stereocenters. The van der Waals surface area contributed by atoms with Gasteiger partial charge in [0, 0.05) is 11.1 Å². The average Bonchev–Trinajstić information content (AvgIpc) is 2.71. The SMILES string of the molecule is Cc1cc(NC(=O)C(C)(O)C(F)(F)F)c2c(c1)OCc1ccccc1C2=O. The molecule has 1 heterocycles. The maximum atomic E-state index is 13.0. The number of amides is 1. The van der Waals surface area contributed by atoms with E-state index in [1.807, 2.05) is 5.32 Å². The number of hydrogen-bond acceptors (Lipinski definition) is 4. The number of fused-ring (bicyclic) bond motifs is 2. The average molecular weight is 379 g/mol. The highest BCUT2D eigenvalue weighted by Gasteiger charge is 2.56. The van der Waals surface area contributed by atoms with Crippen molar-refractivity contribution in [2.24, 2.45) is 0 Å². The van der Waals surface area contributed by atoms with Crippen molar-refractivity contribution in [1.82, 2.24) is 0 Å². The Bertz CT molecular complexity index is 935. The minimum absolute atomic E-state index is 0.0584. The number of aliphatic hydroxyl groups is 1. The smallest absolute Gasteiger partial charge is 0.426 e. The summed E-state index contributed by atoms with van der Waals surface area (Å²) in [6.07, 6.45) is -5.18. The maximum Gasteiger partial charge on any atom is 0.426 e. The lowest BCUT2D eigenvalue weighted by molar-refractivity contribution is -0.242. The molecule has 8 heteroatoms. The first-order chi connectivity index (χ1) is 12.5. The van der Waals surface area contributed by atoms with Gasteiger partial charge in [0.1, 0.15) is 12.4 Å². The molecule has 0 aliphatic carbocycles. The summed E-state index contributed by atoms with van der Waals surface area (Å²) in [4.78, 5) is 25.1. The third-order valence-corrected chi connectivity index (χ3v) is 4.36. The van der Waals surface area contributed by atoms with Crippen molar-refractivity contribution in [2.45, 2.75) is 32.2 Å². The van der Waals surface area contributed by atoms with Crippen molar-refractivity contribution in [3.63, 3.8) is 0 Å². The fourth-order valence-corrected chi connectivity index (χ4v) is 2.73. The van der Waals surface area contributed by atoms with Gasteiger partial charge in [-0.2, -0.15) is 13.2 Å². The predicted octanol–water partition coefficient (Wildman–Crippen LogP) is 3.37. The summed E-state index contributed by atoms with van der Waals surface area (Å²) >= 11 is 0. The van der Waals surface area contributed by atoms with Gasteiger partial charge in [0.25, 0.3) is 5.91 Å². The first-order valence-electron chi connectivity index (χ1n) is 8.03. The third kappa shape index (κ3) is 3.28. The van der Waals surface area contributed by atoms with Crippen LogP contribution in [0.1, 0.15) is 34.0 Å². The number of halogens is 3. The van der Waals surface area contributed by atoms with Crippen LogP contribution in [0.3, 0.4) is 0 Å². The molecule has 3 rings (SSSR count). The van der Waals surface area contributed by atoms with Crippen molar-refractivity contribution in [3.05, 3.63) is 58.7 Å². The monoisotopic (exact) mass is 379 g/mol. The van der Waals surface area contributed by atoms with Gasteiger partial charge in [-0.1, -0.05) is 24.3 Å². The van der Waals surface area contributed by atoms with Crippen LogP contribution < -0.4 is 10.1 Å². The zero-order chi connectivity index (χ0) is 20.0. The number of aryl methyl sites for hydroxylation is 1. The second-order valence-electron chi connectivity index (χ2n) is 6.48. The largest absolute Gasteiger partial charge is 0.488 e. The summed E-state index contributed by atoms with van der Waals surface area (Å²) in [7, 11) is 0. The molecule has 0 fully saturated rings. The van der Waals surface area contributed by atoms with E-state index in [-0.39, 0.29) is 23.6 Å². The van der Waals surface area contributed by atoms with Gasteiger partial charge < -0.3 is 15.2 Å². The van der Waals surface area contributed by atoms with E-state index >= 15 is 0 Å². The Morgan fingerprint density at radius 3 is 2.56 bits per heavy atom. The Morgan fingerprint density at radius 1 is 1.22 bits per heavy atom. The van der Waals surface area contributed by atoms with Crippen molar-refractivity contribution in [3.8, 4) is 5.75 Å². The van der Waals surface area contributed by atoms with E-state index in [0.717, 1.165) is 0 Å². The fourth-order valence-electron chi connectivity index (χ4n) is 2.73. The zero-order valence-electron chi connectivity index (χ0n) is 14.5. The molecule has 0 radical (unpaired) electrons. The minimum atomic E-state index is -5.18. The van der Waals surface area contributed by atoms with Crippen LogP contribution in [0.5, 0.6) is 5.75 Å². The molecule has 1 aliphatic rings. The van der Waals surface area contributed by atoms with E-state index in [4.69, 9.17) is 4.74 Å². The van der Waals surface area contributed by atoms with Crippen LogP contribution in [0.2, 0.25) is 0 Å². The number of ketones is 1. The summed E-state index contributed by atoms with van der Waals surface area (Å²) in [6, 6.07) is 9.60. The number of rotatable bonds is 2. The number of ether oxygens (including phenoxy) is 1.